The van der Waals surface area contributed by atoms with Gasteiger partial charge in [0.05, 0.1) is 13.2 Å². The van der Waals surface area contributed by atoms with Gasteiger partial charge in [0.25, 0.3) is 0 Å². The summed E-state index contributed by atoms with van der Waals surface area (Å²) < 4.78 is 4.54. The van der Waals surface area contributed by atoms with E-state index >= 15 is 0 Å². The molecule has 0 saturated heterocycles. The summed E-state index contributed by atoms with van der Waals surface area (Å²) in [5.74, 6) is -1.17. The van der Waals surface area contributed by atoms with Crippen molar-refractivity contribution in [2.45, 2.75) is 12.1 Å². The predicted molar refractivity (Wildman–Crippen MR) is 61.6 cm³/mol. The Balaban J connectivity index is 3.09. The summed E-state index contributed by atoms with van der Waals surface area (Å²) in [4.78, 5) is 11.4. The van der Waals surface area contributed by atoms with Crippen LogP contribution in [0.15, 0.2) is 18.2 Å². The first-order chi connectivity index (χ1) is 8.02. The number of methoxy groups -OCH3 is 1. The number of likely N-dealkylation sites (N-methyl/N-ethyl adjacent to an activating group) is 1. The van der Waals surface area contributed by atoms with Crippen molar-refractivity contribution >= 4 is 5.97 Å². The van der Waals surface area contributed by atoms with Crippen LogP contribution < -0.4 is 11.1 Å². The number of hydrogen-bond donors (Lipinski definition) is 4. The van der Waals surface area contributed by atoms with E-state index < -0.39 is 18.1 Å². The number of aromatic hydroxyl groups is 2. The van der Waals surface area contributed by atoms with Gasteiger partial charge < -0.3 is 26.0 Å². The number of para-hydroxylation sites is 1. The van der Waals surface area contributed by atoms with Gasteiger partial charge in [0.15, 0.2) is 11.5 Å². The lowest BCUT2D eigenvalue weighted by atomic mass is 9.98. The van der Waals surface area contributed by atoms with E-state index in [1.807, 2.05) is 0 Å². The summed E-state index contributed by atoms with van der Waals surface area (Å²) >= 11 is 0. The van der Waals surface area contributed by atoms with E-state index in [-0.39, 0.29) is 11.5 Å². The zero-order valence-electron chi connectivity index (χ0n) is 9.68. The van der Waals surface area contributed by atoms with Gasteiger partial charge in [-0.1, -0.05) is 12.1 Å². The highest BCUT2D eigenvalue weighted by Gasteiger charge is 2.28. The number of phenolic OH excluding ortho intramolecular Hbond substituents is 2. The molecule has 6 nitrogen and oxygen atoms in total. The molecule has 0 spiro atoms. The predicted octanol–water partition coefficient (Wildman–Crippen LogP) is -0.141. The molecule has 0 amide bonds. The van der Waals surface area contributed by atoms with Crippen LogP contribution in [0.1, 0.15) is 11.6 Å². The zero-order chi connectivity index (χ0) is 13.0. The third kappa shape index (κ3) is 2.66. The number of nitrogens with one attached hydrogen (secondary N) is 1. The van der Waals surface area contributed by atoms with Crippen molar-refractivity contribution in [3.8, 4) is 11.5 Å². The Bertz CT molecular complexity index is 408. The van der Waals surface area contributed by atoms with Crippen LogP contribution in [0.3, 0.4) is 0 Å². The van der Waals surface area contributed by atoms with Gasteiger partial charge in [-0.3, -0.25) is 4.79 Å². The number of phenols is 2. The highest BCUT2D eigenvalue weighted by molar-refractivity contribution is 5.77. The number of benzene rings is 1. The summed E-state index contributed by atoms with van der Waals surface area (Å²) in [6.45, 7) is 0. The lowest BCUT2D eigenvalue weighted by Gasteiger charge is -2.22. The fourth-order valence-corrected chi connectivity index (χ4v) is 1.60. The summed E-state index contributed by atoms with van der Waals surface area (Å²) in [6, 6.07) is 2.85. The number of carbonyl (C=O) groups is 1. The van der Waals surface area contributed by atoms with E-state index in [4.69, 9.17) is 5.73 Å². The molecule has 0 aliphatic heterocycles. The molecule has 1 rings (SSSR count). The molecule has 0 aliphatic carbocycles. The Hall–Kier alpha value is -1.79. The third-order valence-corrected chi connectivity index (χ3v) is 2.52. The van der Waals surface area contributed by atoms with Crippen LogP contribution in [-0.4, -0.2) is 36.4 Å². The Morgan fingerprint density at radius 1 is 1.47 bits per heavy atom. The lowest BCUT2D eigenvalue weighted by Crippen LogP contribution is -2.43. The molecule has 6 heteroatoms. The van der Waals surface area contributed by atoms with Crippen LogP contribution in [0.4, 0.5) is 0 Å². The number of rotatable bonds is 4. The molecule has 2 atom stereocenters. The molecule has 94 valence electrons. The maximum Gasteiger partial charge on any atom is 0.324 e. The number of esters is 1. The Kier molecular flexibility index (Phi) is 4.30. The number of hydrogen-bond acceptors (Lipinski definition) is 6. The van der Waals surface area contributed by atoms with Crippen LogP contribution in [0.2, 0.25) is 0 Å². The van der Waals surface area contributed by atoms with Crippen molar-refractivity contribution in [3.05, 3.63) is 23.8 Å². The molecule has 2 unspecified atom stereocenters. The van der Waals surface area contributed by atoms with Gasteiger partial charge in [-0.25, -0.2) is 0 Å². The minimum absolute atomic E-state index is 0.264. The van der Waals surface area contributed by atoms with Gasteiger partial charge in [-0.15, -0.1) is 0 Å². The zero-order valence-corrected chi connectivity index (χ0v) is 9.68. The molecule has 17 heavy (non-hydrogen) atoms. The van der Waals surface area contributed by atoms with Crippen LogP contribution in [0.25, 0.3) is 0 Å². The molecule has 0 bridgehead atoms. The fourth-order valence-electron chi connectivity index (χ4n) is 1.60. The van der Waals surface area contributed by atoms with Gasteiger partial charge in [-0.05, 0) is 13.1 Å². The molecule has 0 heterocycles. The SMILES string of the molecule is CNC(c1cccc(O)c1O)C(N)C(=O)OC. The van der Waals surface area contributed by atoms with E-state index in [1.54, 1.807) is 19.2 Å². The van der Waals surface area contributed by atoms with Crippen LogP contribution >= 0.6 is 0 Å². The summed E-state index contributed by atoms with van der Waals surface area (Å²) in [5.41, 5.74) is 6.04. The smallest absolute Gasteiger partial charge is 0.324 e. The van der Waals surface area contributed by atoms with Crippen molar-refractivity contribution in [2.24, 2.45) is 5.73 Å². The first kappa shape index (κ1) is 13.3. The largest absolute Gasteiger partial charge is 0.504 e. The molecule has 1 aromatic rings. The molecule has 0 aliphatic rings. The Labute approximate surface area is 99.0 Å². The minimum atomic E-state index is -0.974. The maximum absolute atomic E-state index is 11.4. The molecular formula is C11H16N2O4. The molecule has 0 saturated carbocycles. The van der Waals surface area contributed by atoms with Crippen molar-refractivity contribution in [3.63, 3.8) is 0 Å². The highest BCUT2D eigenvalue weighted by Crippen LogP contribution is 2.33. The molecule has 0 radical (unpaired) electrons. The monoisotopic (exact) mass is 240 g/mol. The molecule has 0 aromatic heterocycles. The molecule has 1 aromatic carbocycles. The Morgan fingerprint density at radius 2 is 2.12 bits per heavy atom. The van der Waals surface area contributed by atoms with Crippen molar-refractivity contribution < 1.29 is 19.7 Å². The molecular weight excluding hydrogens is 224 g/mol. The van der Waals surface area contributed by atoms with Gasteiger partial charge in [0.2, 0.25) is 0 Å². The maximum atomic E-state index is 11.4. The van der Waals surface area contributed by atoms with Gasteiger partial charge in [0, 0.05) is 5.56 Å². The number of nitrogens with two attached hydrogens (primary N) is 1. The second-order valence-corrected chi connectivity index (χ2v) is 3.53. The molecule has 5 N–H and O–H groups in total. The fraction of sp³-hybridized carbons (Fsp3) is 0.364. The highest BCUT2D eigenvalue weighted by atomic mass is 16.5. The third-order valence-electron chi connectivity index (χ3n) is 2.52. The summed E-state index contributed by atoms with van der Waals surface area (Å²) in [7, 11) is 2.83. The lowest BCUT2D eigenvalue weighted by molar-refractivity contribution is -0.142. The summed E-state index contributed by atoms with van der Waals surface area (Å²) in [5, 5.41) is 21.9. The van der Waals surface area contributed by atoms with Crippen molar-refractivity contribution in [2.75, 3.05) is 14.2 Å². The van der Waals surface area contributed by atoms with Gasteiger partial charge in [-0.2, -0.15) is 0 Å². The topological polar surface area (TPSA) is 105 Å². The van der Waals surface area contributed by atoms with Crippen LogP contribution in [0.5, 0.6) is 11.5 Å². The first-order valence-electron chi connectivity index (χ1n) is 5.04. The van der Waals surface area contributed by atoms with E-state index in [2.05, 4.69) is 10.1 Å². The normalized spacial score (nSPS) is 14.1. The van der Waals surface area contributed by atoms with Gasteiger partial charge in [0.1, 0.15) is 6.04 Å². The standard InChI is InChI=1S/C11H16N2O4/c1-13-9(8(12)11(16)17-2)6-4-3-5-7(14)10(6)15/h3-5,8-9,13-15H,12H2,1-2H3. The number of ether oxygens (including phenoxy) is 1. The first-order valence-corrected chi connectivity index (χ1v) is 5.04. The molecule has 0 fully saturated rings. The van der Waals surface area contributed by atoms with Crippen molar-refractivity contribution in [1.82, 2.24) is 5.32 Å². The van der Waals surface area contributed by atoms with Gasteiger partial charge >= 0.3 is 5.97 Å². The van der Waals surface area contributed by atoms with E-state index in [0.29, 0.717) is 5.56 Å². The number of carbonyl (C=O) groups excluding carboxylic acids is 1. The summed E-state index contributed by atoms with van der Waals surface area (Å²) in [6.07, 6.45) is 0. The van der Waals surface area contributed by atoms with E-state index in [1.165, 1.54) is 13.2 Å². The average Bonchev–Trinajstić information content (AvgIpc) is 2.34. The van der Waals surface area contributed by atoms with Crippen LogP contribution in [0, 0.1) is 0 Å². The second-order valence-electron chi connectivity index (χ2n) is 3.53. The van der Waals surface area contributed by atoms with E-state index in [0.717, 1.165) is 0 Å². The Morgan fingerprint density at radius 3 is 2.65 bits per heavy atom. The van der Waals surface area contributed by atoms with Crippen LogP contribution in [-0.2, 0) is 9.53 Å². The van der Waals surface area contributed by atoms with E-state index in [9.17, 15) is 15.0 Å². The second kappa shape index (κ2) is 5.51. The quantitative estimate of drug-likeness (QED) is 0.431. The average molecular weight is 240 g/mol. The minimum Gasteiger partial charge on any atom is -0.504 e. The van der Waals surface area contributed by atoms with Crippen molar-refractivity contribution in [1.29, 1.82) is 0 Å².